The Morgan fingerprint density at radius 1 is 1.11 bits per heavy atom. The van der Waals surface area contributed by atoms with Crippen LogP contribution < -0.4 is 5.32 Å². The number of sulfonamides is 1. The van der Waals surface area contributed by atoms with Gasteiger partial charge in [0.2, 0.25) is 10.0 Å². The number of nitrogens with one attached hydrogen (secondary N) is 1. The molecule has 1 N–H and O–H groups in total. The summed E-state index contributed by atoms with van der Waals surface area (Å²) in [6.07, 6.45) is 7.22. The summed E-state index contributed by atoms with van der Waals surface area (Å²) in [4.78, 5) is 18.8. The summed E-state index contributed by atoms with van der Waals surface area (Å²) in [5.74, 6) is -0.353. The summed E-state index contributed by atoms with van der Waals surface area (Å²) >= 11 is 4.90. The van der Waals surface area contributed by atoms with Gasteiger partial charge in [-0.25, -0.2) is 13.4 Å². The molecule has 0 spiro atoms. The molecule has 1 aliphatic heterocycles. The van der Waals surface area contributed by atoms with Crippen LogP contribution in [-0.4, -0.2) is 36.7 Å². The molecule has 2 aromatic rings. The van der Waals surface area contributed by atoms with E-state index in [-0.39, 0.29) is 10.8 Å². The molecular formula is C19H22BrN3O3S2. The van der Waals surface area contributed by atoms with Crippen molar-refractivity contribution in [3.8, 4) is 0 Å². The Morgan fingerprint density at radius 3 is 2.64 bits per heavy atom. The molecule has 1 aromatic heterocycles. The van der Waals surface area contributed by atoms with E-state index >= 15 is 0 Å². The number of anilines is 1. The minimum absolute atomic E-state index is 0.151. The number of carbonyl (C=O) groups excluding carboxylic acids is 1. The first-order valence-electron chi connectivity index (χ1n) is 9.55. The van der Waals surface area contributed by atoms with E-state index < -0.39 is 10.0 Å². The van der Waals surface area contributed by atoms with E-state index in [0.717, 1.165) is 44.2 Å². The predicted molar refractivity (Wildman–Crippen MR) is 113 cm³/mol. The van der Waals surface area contributed by atoms with Crippen molar-refractivity contribution >= 4 is 48.3 Å². The molecule has 0 radical (unpaired) electrons. The molecular weight excluding hydrogens is 462 g/mol. The van der Waals surface area contributed by atoms with Crippen LogP contribution in [0.1, 0.15) is 53.0 Å². The molecule has 1 amide bonds. The summed E-state index contributed by atoms with van der Waals surface area (Å²) in [6, 6.07) is 4.61. The van der Waals surface area contributed by atoms with Gasteiger partial charge in [-0.2, -0.15) is 4.31 Å². The molecule has 1 aliphatic carbocycles. The second-order valence-corrected chi connectivity index (χ2v) is 11.0. The van der Waals surface area contributed by atoms with Gasteiger partial charge in [0.1, 0.15) is 0 Å². The van der Waals surface area contributed by atoms with Crippen molar-refractivity contribution in [3.63, 3.8) is 0 Å². The van der Waals surface area contributed by atoms with E-state index in [0.29, 0.717) is 28.3 Å². The second-order valence-electron chi connectivity index (χ2n) is 7.16. The molecule has 0 unspecified atom stereocenters. The number of aryl methyl sites for hydroxylation is 2. The molecule has 1 aromatic carbocycles. The summed E-state index contributed by atoms with van der Waals surface area (Å²) in [5.41, 5.74) is 1.38. The third-order valence-corrected chi connectivity index (χ3v) is 8.86. The van der Waals surface area contributed by atoms with Crippen LogP contribution in [0.2, 0.25) is 0 Å². The average molecular weight is 484 g/mol. The number of rotatable bonds is 4. The molecule has 0 bridgehead atoms. The van der Waals surface area contributed by atoms with Gasteiger partial charge in [0.25, 0.3) is 5.91 Å². The molecule has 150 valence electrons. The average Bonchev–Trinajstić information content (AvgIpc) is 3.28. The summed E-state index contributed by atoms with van der Waals surface area (Å²) < 4.78 is 27.7. The van der Waals surface area contributed by atoms with Gasteiger partial charge in [-0.15, -0.1) is 11.3 Å². The molecule has 1 saturated heterocycles. The maximum Gasteiger partial charge on any atom is 0.258 e. The number of amides is 1. The first-order chi connectivity index (χ1) is 13.4. The Kier molecular flexibility index (Phi) is 5.87. The number of nitrogens with zero attached hydrogens (tertiary/aromatic N) is 2. The van der Waals surface area contributed by atoms with Gasteiger partial charge in [0.15, 0.2) is 5.13 Å². The Morgan fingerprint density at radius 2 is 1.86 bits per heavy atom. The lowest BCUT2D eigenvalue weighted by Crippen LogP contribution is -2.28. The van der Waals surface area contributed by atoms with Crippen LogP contribution >= 0.6 is 27.3 Å². The zero-order valence-corrected chi connectivity index (χ0v) is 18.6. The molecule has 2 aliphatic rings. The predicted octanol–water partition coefficient (Wildman–Crippen LogP) is 4.21. The summed E-state index contributed by atoms with van der Waals surface area (Å²) in [5, 5.41) is 3.44. The molecule has 0 atom stereocenters. The van der Waals surface area contributed by atoms with Gasteiger partial charge in [0, 0.05) is 22.4 Å². The van der Waals surface area contributed by atoms with Crippen LogP contribution in [0.4, 0.5) is 5.13 Å². The lowest BCUT2D eigenvalue weighted by molar-refractivity contribution is 0.102. The van der Waals surface area contributed by atoms with Crippen LogP contribution in [0.25, 0.3) is 0 Å². The Hall–Kier alpha value is -1.29. The van der Waals surface area contributed by atoms with Crippen LogP contribution in [-0.2, 0) is 22.9 Å². The molecule has 4 rings (SSSR count). The highest BCUT2D eigenvalue weighted by Gasteiger charge is 2.28. The van der Waals surface area contributed by atoms with Gasteiger partial charge in [-0.1, -0.05) is 6.42 Å². The second kappa shape index (κ2) is 8.22. The van der Waals surface area contributed by atoms with Crippen molar-refractivity contribution < 1.29 is 13.2 Å². The number of thiazole rings is 1. The van der Waals surface area contributed by atoms with Gasteiger partial charge >= 0.3 is 0 Å². The topological polar surface area (TPSA) is 79.4 Å². The molecule has 28 heavy (non-hydrogen) atoms. The first-order valence-corrected chi connectivity index (χ1v) is 12.6. The highest BCUT2D eigenvalue weighted by atomic mass is 79.9. The van der Waals surface area contributed by atoms with Crippen molar-refractivity contribution in [2.24, 2.45) is 0 Å². The summed E-state index contributed by atoms with van der Waals surface area (Å²) in [7, 11) is -3.57. The highest BCUT2D eigenvalue weighted by Crippen LogP contribution is 2.30. The van der Waals surface area contributed by atoms with E-state index in [2.05, 4.69) is 26.2 Å². The minimum Gasteiger partial charge on any atom is -0.298 e. The number of fused-ring (bicyclic) bond motifs is 1. The maximum atomic E-state index is 12.8. The van der Waals surface area contributed by atoms with Gasteiger partial charge in [-0.3, -0.25) is 10.1 Å². The van der Waals surface area contributed by atoms with Crippen LogP contribution in [0, 0.1) is 0 Å². The Bertz CT molecular complexity index is 974. The van der Waals surface area contributed by atoms with Gasteiger partial charge in [0.05, 0.1) is 16.2 Å². The molecule has 1 fully saturated rings. The summed E-state index contributed by atoms with van der Waals surface area (Å²) in [6.45, 7) is 1.06. The van der Waals surface area contributed by atoms with Crippen molar-refractivity contribution in [1.82, 2.24) is 9.29 Å². The van der Waals surface area contributed by atoms with Crippen molar-refractivity contribution in [1.29, 1.82) is 0 Å². The first kappa shape index (κ1) is 20.0. The third-order valence-electron chi connectivity index (χ3n) is 5.20. The number of hydrogen-bond acceptors (Lipinski definition) is 5. The van der Waals surface area contributed by atoms with Crippen LogP contribution in [0.3, 0.4) is 0 Å². The fraction of sp³-hybridized carbons (Fsp3) is 0.474. The fourth-order valence-electron chi connectivity index (χ4n) is 3.66. The monoisotopic (exact) mass is 483 g/mol. The van der Waals surface area contributed by atoms with E-state index in [4.69, 9.17) is 0 Å². The van der Waals surface area contributed by atoms with Crippen LogP contribution in [0.5, 0.6) is 0 Å². The zero-order valence-electron chi connectivity index (χ0n) is 15.4. The standard InChI is InChI=1S/C19H22BrN3O3S2/c20-15-9-8-13(28(25,26)23-10-4-5-11-23)12-14(15)18(24)22-19-21-16-6-2-1-3-7-17(16)27-19/h8-9,12H,1-7,10-11H2,(H,21,22,24). The molecule has 6 nitrogen and oxygen atoms in total. The van der Waals surface area contributed by atoms with Crippen LogP contribution in [0.15, 0.2) is 27.6 Å². The normalized spacial score (nSPS) is 17.9. The Balaban J connectivity index is 1.57. The van der Waals surface area contributed by atoms with E-state index in [1.54, 1.807) is 12.1 Å². The molecule has 9 heteroatoms. The van der Waals surface area contributed by atoms with Gasteiger partial charge in [-0.05, 0) is 72.7 Å². The molecule has 0 saturated carbocycles. The van der Waals surface area contributed by atoms with E-state index in [1.165, 1.54) is 33.0 Å². The number of carbonyl (C=O) groups is 1. The van der Waals surface area contributed by atoms with Crippen molar-refractivity contribution in [2.75, 3.05) is 18.4 Å². The number of hydrogen-bond donors (Lipinski definition) is 1. The molecule has 2 heterocycles. The third kappa shape index (κ3) is 4.03. The lowest BCUT2D eigenvalue weighted by Gasteiger charge is -2.16. The lowest BCUT2D eigenvalue weighted by atomic mass is 10.2. The number of aromatic nitrogens is 1. The SMILES string of the molecule is O=C(Nc1nc2c(s1)CCCCC2)c1cc(S(=O)(=O)N2CCCC2)ccc1Br. The highest BCUT2D eigenvalue weighted by molar-refractivity contribution is 9.10. The number of halogens is 1. The van der Waals surface area contributed by atoms with E-state index in [9.17, 15) is 13.2 Å². The fourth-order valence-corrected chi connectivity index (χ4v) is 6.68. The van der Waals surface area contributed by atoms with Gasteiger partial charge < -0.3 is 0 Å². The smallest absolute Gasteiger partial charge is 0.258 e. The maximum absolute atomic E-state index is 12.8. The van der Waals surface area contributed by atoms with Crippen molar-refractivity contribution in [2.45, 2.75) is 49.8 Å². The number of benzene rings is 1. The van der Waals surface area contributed by atoms with E-state index in [1.807, 2.05) is 0 Å². The Labute approximate surface area is 177 Å². The quantitative estimate of drug-likeness (QED) is 0.660. The zero-order chi connectivity index (χ0) is 19.7. The van der Waals surface area contributed by atoms with Crippen molar-refractivity contribution in [3.05, 3.63) is 38.8 Å². The largest absolute Gasteiger partial charge is 0.298 e. The minimum atomic E-state index is -3.57.